The fourth-order valence-electron chi connectivity index (χ4n) is 5.55. The molecule has 2 aromatic carbocycles. The zero-order chi connectivity index (χ0) is 35.3. The molecule has 4 aromatic rings. The van der Waals surface area contributed by atoms with Gasteiger partial charge >= 0.3 is 0 Å². The third kappa shape index (κ3) is 11.2. The van der Waals surface area contributed by atoms with Crippen molar-refractivity contribution in [3.8, 4) is 0 Å². The topological polar surface area (TPSA) is 161 Å². The lowest BCUT2D eigenvalue weighted by Gasteiger charge is -2.23. The number of carbonyl (C=O) groups excluding carboxylic acids is 1. The van der Waals surface area contributed by atoms with E-state index in [-0.39, 0.29) is 21.2 Å². The SMILES string of the molecule is Cn1ccc(C=O)n1.Cn1ccc(CN2CCCN(c3ccc(Cl)cc3[N+](=O)[O-])CC2)n1.O=[N+]([O-])c1cc(Cl)ccc1N1CCCNCC1. The van der Waals surface area contributed by atoms with Gasteiger partial charge in [-0.2, -0.15) is 10.2 Å². The molecule has 15 nitrogen and oxygen atoms in total. The van der Waals surface area contributed by atoms with Crippen molar-refractivity contribution < 1.29 is 14.6 Å². The van der Waals surface area contributed by atoms with Crippen LogP contribution >= 0.6 is 23.2 Å². The Morgan fingerprint density at radius 3 is 1.88 bits per heavy atom. The maximum absolute atomic E-state index is 11.3. The van der Waals surface area contributed by atoms with E-state index >= 15 is 0 Å². The van der Waals surface area contributed by atoms with Gasteiger partial charge in [-0.3, -0.25) is 39.3 Å². The number of nitrogens with one attached hydrogen (secondary N) is 1. The highest BCUT2D eigenvalue weighted by Gasteiger charge is 2.23. The number of rotatable bonds is 7. The van der Waals surface area contributed by atoms with Gasteiger partial charge in [0.25, 0.3) is 11.4 Å². The quantitative estimate of drug-likeness (QED) is 0.156. The molecule has 2 aromatic heterocycles. The normalized spacial score (nSPS) is 15.2. The minimum absolute atomic E-state index is 0.0701. The van der Waals surface area contributed by atoms with Crippen LogP contribution in [0.25, 0.3) is 0 Å². The van der Waals surface area contributed by atoms with E-state index in [1.165, 1.54) is 12.1 Å². The highest BCUT2D eigenvalue weighted by Crippen LogP contribution is 2.32. The average Bonchev–Trinajstić information content (AvgIpc) is 3.48. The zero-order valence-electron chi connectivity index (χ0n) is 27.5. The molecular formula is C32H40Cl2N10O5. The van der Waals surface area contributed by atoms with E-state index in [2.05, 4.69) is 25.3 Å². The fraction of sp³-hybridized carbons (Fsp3) is 0.406. The number of aldehydes is 1. The molecule has 6 rings (SSSR count). The van der Waals surface area contributed by atoms with Crippen molar-refractivity contribution in [3.05, 3.63) is 103 Å². The molecule has 1 N–H and O–H groups in total. The molecule has 262 valence electrons. The van der Waals surface area contributed by atoms with Gasteiger partial charge in [-0.25, -0.2) is 0 Å². The van der Waals surface area contributed by atoms with Gasteiger partial charge in [0.2, 0.25) is 0 Å². The first-order valence-corrected chi connectivity index (χ1v) is 16.5. The van der Waals surface area contributed by atoms with E-state index in [1.54, 1.807) is 52.9 Å². The lowest BCUT2D eigenvalue weighted by molar-refractivity contribution is -0.384. The minimum atomic E-state index is -0.375. The molecule has 0 bridgehead atoms. The first kappa shape index (κ1) is 37.3. The number of nitro benzene ring substituents is 2. The van der Waals surface area contributed by atoms with Crippen molar-refractivity contribution in [3.63, 3.8) is 0 Å². The van der Waals surface area contributed by atoms with Crippen molar-refractivity contribution in [2.75, 3.05) is 62.2 Å². The number of nitrogens with zero attached hydrogens (tertiary/aromatic N) is 9. The Hall–Kier alpha value is -4.57. The van der Waals surface area contributed by atoms with E-state index in [4.69, 9.17) is 23.2 Å². The van der Waals surface area contributed by atoms with E-state index in [0.29, 0.717) is 27.1 Å². The predicted molar refractivity (Wildman–Crippen MR) is 190 cm³/mol. The largest absolute Gasteiger partial charge is 0.365 e. The van der Waals surface area contributed by atoms with E-state index in [1.807, 2.05) is 24.2 Å². The summed E-state index contributed by atoms with van der Waals surface area (Å²) in [5, 5.41) is 34.6. The molecular weight excluding hydrogens is 675 g/mol. The Morgan fingerprint density at radius 1 is 0.755 bits per heavy atom. The van der Waals surface area contributed by atoms with Crippen LogP contribution in [0, 0.1) is 20.2 Å². The summed E-state index contributed by atoms with van der Waals surface area (Å²) in [7, 11) is 3.68. The number of halogens is 2. The Morgan fingerprint density at radius 2 is 1.35 bits per heavy atom. The van der Waals surface area contributed by atoms with Gasteiger partial charge < -0.3 is 15.1 Å². The van der Waals surface area contributed by atoms with Crippen molar-refractivity contribution in [2.24, 2.45) is 14.1 Å². The summed E-state index contributed by atoms with van der Waals surface area (Å²) >= 11 is 11.7. The molecule has 0 saturated carbocycles. The lowest BCUT2D eigenvalue weighted by Crippen LogP contribution is -2.31. The first-order chi connectivity index (χ1) is 23.5. The predicted octanol–water partition coefficient (Wildman–Crippen LogP) is 4.97. The van der Waals surface area contributed by atoms with Crippen LogP contribution in [0.5, 0.6) is 0 Å². The van der Waals surface area contributed by atoms with Gasteiger partial charge in [0.05, 0.1) is 15.5 Å². The number of benzene rings is 2. The molecule has 2 aliphatic heterocycles. The van der Waals surface area contributed by atoms with Crippen LogP contribution in [-0.4, -0.2) is 93.0 Å². The smallest absolute Gasteiger partial charge is 0.294 e. The van der Waals surface area contributed by atoms with Crippen molar-refractivity contribution in [1.82, 2.24) is 29.8 Å². The Labute approximate surface area is 294 Å². The Balaban J connectivity index is 0.000000187. The summed E-state index contributed by atoms with van der Waals surface area (Å²) in [6.45, 7) is 7.55. The summed E-state index contributed by atoms with van der Waals surface area (Å²) in [4.78, 5) is 38.0. The number of anilines is 2. The van der Waals surface area contributed by atoms with Crippen molar-refractivity contribution in [2.45, 2.75) is 19.4 Å². The lowest BCUT2D eigenvalue weighted by atomic mass is 10.2. The van der Waals surface area contributed by atoms with Gasteiger partial charge in [0, 0.05) is 101 Å². The van der Waals surface area contributed by atoms with Crippen LogP contribution in [0.1, 0.15) is 29.0 Å². The molecule has 2 saturated heterocycles. The first-order valence-electron chi connectivity index (χ1n) is 15.8. The highest BCUT2D eigenvalue weighted by molar-refractivity contribution is 6.31. The fourth-order valence-corrected chi connectivity index (χ4v) is 5.88. The zero-order valence-corrected chi connectivity index (χ0v) is 29.0. The van der Waals surface area contributed by atoms with E-state index < -0.39 is 0 Å². The molecule has 0 atom stereocenters. The molecule has 17 heteroatoms. The highest BCUT2D eigenvalue weighted by atomic mass is 35.5. The second-order valence-corrected chi connectivity index (χ2v) is 12.4. The number of aryl methyl sites for hydroxylation is 2. The van der Waals surface area contributed by atoms with Gasteiger partial charge in [0.15, 0.2) is 6.29 Å². The average molecular weight is 716 g/mol. The van der Waals surface area contributed by atoms with Crippen molar-refractivity contribution >= 4 is 52.2 Å². The van der Waals surface area contributed by atoms with Gasteiger partial charge in [-0.1, -0.05) is 23.2 Å². The Bertz CT molecular complexity index is 1710. The summed E-state index contributed by atoms with van der Waals surface area (Å²) in [5.74, 6) is 0. The standard InChI is InChI=1S/C16H20ClN5O2.C11H14ClN3O2.C5H6N2O/c1-19-8-5-14(18-19)12-20-6-2-7-21(10-9-20)15-4-3-13(17)11-16(15)22(23)24;12-9-2-3-10(11(8-9)15(16)17)14-6-1-4-13-5-7-14;1-7-3-2-5(4-8)6-7/h3-5,8,11H,2,6-7,9-10,12H2,1H3;2-3,8,13H,1,4-7H2;2-4H,1H3. The molecule has 49 heavy (non-hydrogen) atoms. The maximum atomic E-state index is 11.3. The number of hydrogen-bond acceptors (Lipinski definition) is 11. The van der Waals surface area contributed by atoms with E-state index in [0.717, 1.165) is 83.7 Å². The monoisotopic (exact) mass is 714 g/mol. The minimum Gasteiger partial charge on any atom is -0.365 e. The van der Waals surface area contributed by atoms with Crippen LogP contribution in [0.2, 0.25) is 10.0 Å². The number of aromatic nitrogens is 4. The molecule has 0 radical (unpaired) electrons. The number of nitro groups is 2. The van der Waals surface area contributed by atoms with Gasteiger partial charge in [-0.15, -0.1) is 0 Å². The van der Waals surface area contributed by atoms with Crippen molar-refractivity contribution in [1.29, 1.82) is 0 Å². The second kappa shape index (κ2) is 18.3. The molecule has 4 heterocycles. The summed E-state index contributed by atoms with van der Waals surface area (Å²) in [6.07, 6.45) is 6.33. The van der Waals surface area contributed by atoms with Crippen LogP contribution in [0.4, 0.5) is 22.7 Å². The van der Waals surface area contributed by atoms with Gasteiger partial charge in [0.1, 0.15) is 17.1 Å². The summed E-state index contributed by atoms with van der Waals surface area (Å²) < 4.78 is 3.39. The Kier molecular flexibility index (Phi) is 13.9. The van der Waals surface area contributed by atoms with Crippen LogP contribution in [0.3, 0.4) is 0 Å². The summed E-state index contributed by atoms with van der Waals surface area (Å²) in [6, 6.07) is 13.4. The molecule has 0 unspecified atom stereocenters. The van der Waals surface area contributed by atoms with Crippen LogP contribution in [0.15, 0.2) is 60.9 Å². The van der Waals surface area contributed by atoms with Crippen LogP contribution < -0.4 is 15.1 Å². The molecule has 2 fully saturated rings. The number of carbonyl (C=O) groups is 1. The van der Waals surface area contributed by atoms with E-state index in [9.17, 15) is 25.0 Å². The third-order valence-corrected chi connectivity index (χ3v) is 8.36. The molecule has 0 spiro atoms. The molecule has 2 aliphatic rings. The maximum Gasteiger partial charge on any atom is 0.294 e. The molecule has 0 aliphatic carbocycles. The summed E-state index contributed by atoms with van der Waals surface area (Å²) in [5.41, 5.74) is 2.98. The van der Waals surface area contributed by atoms with Gasteiger partial charge in [-0.05, 0) is 55.8 Å². The number of hydrogen-bond donors (Lipinski definition) is 1. The second-order valence-electron chi connectivity index (χ2n) is 11.5. The van der Waals surface area contributed by atoms with Crippen LogP contribution in [-0.2, 0) is 20.6 Å². The third-order valence-electron chi connectivity index (χ3n) is 7.89. The molecule has 0 amide bonds.